The summed E-state index contributed by atoms with van der Waals surface area (Å²) in [6, 6.07) is 13.6. The summed E-state index contributed by atoms with van der Waals surface area (Å²) < 4.78 is 5.66. The first-order valence-corrected chi connectivity index (χ1v) is 13.2. The van der Waals surface area contributed by atoms with E-state index in [0.29, 0.717) is 28.3 Å². The lowest BCUT2D eigenvalue weighted by Gasteiger charge is -2.31. The highest BCUT2D eigenvalue weighted by atomic mass is 35.5. The first-order chi connectivity index (χ1) is 18.6. The number of rotatable bonds is 5. The predicted octanol–water partition coefficient (Wildman–Crippen LogP) is 6.13. The molecule has 0 unspecified atom stereocenters. The molecule has 2 aliphatic rings. The number of ether oxygens (including phenoxy) is 1. The molecule has 5 rings (SSSR count). The van der Waals surface area contributed by atoms with Crippen LogP contribution in [-0.2, 0) is 16.0 Å². The van der Waals surface area contributed by atoms with Crippen LogP contribution in [0.3, 0.4) is 0 Å². The van der Waals surface area contributed by atoms with E-state index >= 15 is 0 Å². The van der Waals surface area contributed by atoms with E-state index in [0.717, 1.165) is 40.8 Å². The van der Waals surface area contributed by atoms with Gasteiger partial charge in [0.25, 0.3) is 11.8 Å². The second kappa shape index (κ2) is 10.2. The summed E-state index contributed by atoms with van der Waals surface area (Å²) in [7, 11) is 4.99. The summed E-state index contributed by atoms with van der Waals surface area (Å²) in [4.78, 5) is 33.7. The van der Waals surface area contributed by atoms with Crippen LogP contribution >= 0.6 is 11.6 Å². The van der Waals surface area contributed by atoms with Gasteiger partial charge >= 0.3 is 0 Å². The van der Waals surface area contributed by atoms with Crippen molar-refractivity contribution in [2.75, 3.05) is 26.5 Å². The number of benzene rings is 2. The number of pyridine rings is 1. The molecule has 2 heterocycles. The molecule has 1 atom stereocenters. The molecule has 1 aromatic heterocycles. The zero-order chi connectivity index (χ0) is 28.0. The van der Waals surface area contributed by atoms with Crippen LogP contribution in [0.4, 0.5) is 5.69 Å². The lowest BCUT2D eigenvalue weighted by Crippen LogP contribution is -2.41. The molecule has 0 saturated carbocycles. The van der Waals surface area contributed by atoms with Gasteiger partial charge in [0.2, 0.25) is 5.88 Å². The van der Waals surface area contributed by atoms with E-state index in [2.05, 4.69) is 24.9 Å². The molecule has 0 spiro atoms. The Morgan fingerprint density at radius 3 is 2.59 bits per heavy atom. The first kappa shape index (κ1) is 26.5. The maximum Gasteiger partial charge on any atom is 0.266 e. The van der Waals surface area contributed by atoms with E-state index in [-0.39, 0.29) is 5.57 Å². The van der Waals surface area contributed by atoms with Gasteiger partial charge in [-0.2, -0.15) is 0 Å². The molecule has 1 aliphatic carbocycles. The highest BCUT2D eigenvalue weighted by Gasteiger charge is 2.30. The number of aryl methyl sites for hydroxylation is 1. The fourth-order valence-electron chi connectivity index (χ4n) is 5.33. The third kappa shape index (κ3) is 4.57. The molecule has 2 amide bonds. The number of amides is 2. The number of anilines is 1. The molecule has 2 aromatic carbocycles. The topological polar surface area (TPSA) is 74.8 Å². The molecule has 0 saturated heterocycles. The van der Waals surface area contributed by atoms with E-state index in [1.54, 1.807) is 26.1 Å². The molecule has 7 nitrogen and oxygen atoms in total. The maximum atomic E-state index is 13.1. The standard InChI is InChI=1S/C31H31ClN4O3/c1-17-13-14-20-15-26(34-30(39-6)27(17)20)23-11-7-10-22(28(23)32)21-9-8-12-25(18(21)2)33-29(37)24-16-35(4)19(3)36(5)31(24)38/h7-12,15-17H,3,13-14H2,1-2,4-6H3,(H,33,37)/t17-/m1/s1. The minimum absolute atomic E-state index is 0.0307. The Hall–Kier alpha value is -4.10. The van der Waals surface area contributed by atoms with E-state index in [1.165, 1.54) is 22.2 Å². The minimum atomic E-state index is -0.491. The summed E-state index contributed by atoms with van der Waals surface area (Å²) in [5, 5.41) is 3.47. The maximum absolute atomic E-state index is 13.1. The molecular formula is C31H31ClN4O3. The number of hydrogen-bond donors (Lipinski definition) is 1. The van der Waals surface area contributed by atoms with Gasteiger partial charge in [-0.05, 0) is 54.5 Å². The van der Waals surface area contributed by atoms with Crippen molar-refractivity contribution < 1.29 is 14.3 Å². The molecule has 0 bridgehead atoms. The van der Waals surface area contributed by atoms with Gasteiger partial charge < -0.3 is 15.0 Å². The van der Waals surface area contributed by atoms with Crippen molar-refractivity contribution in [1.82, 2.24) is 14.8 Å². The Bertz CT molecular complexity index is 1560. The van der Waals surface area contributed by atoms with Gasteiger partial charge in [0.05, 0.1) is 17.8 Å². The number of hydrogen-bond acceptors (Lipinski definition) is 5. The van der Waals surface area contributed by atoms with Crippen LogP contribution in [0.25, 0.3) is 22.4 Å². The van der Waals surface area contributed by atoms with E-state index in [9.17, 15) is 9.59 Å². The predicted molar refractivity (Wildman–Crippen MR) is 155 cm³/mol. The number of likely N-dealkylation sites (N-methyl/N-ethyl adjacent to an activating group) is 1. The summed E-state index contributed by atoms with van der Waals surface area (Å²) in [5.74, 6) is 0.663. The lowest BCUT2D eigenvalue weighted by atomic mass is 9.95. The van der Waals surface area contributed by atoms with Gasteiger partial charge in [-0.25, -0.2) is 4.98 Å². The third-order valence-electron chi connectivity index (χ3n) is 7.69. The van der Waals surface area contributed by atoms with Crippen LogP contribution in [-0.4, -0.2) is 47.8 Å². The number of aromatic nitrogens is 1. The summed E-state index contributed by atoms with van der Waals surface area (Å²) in [6.07, 6.45) is 3.56. The summed E-state index contributed by atoms with van der Waals surface area (Å²) in [6.45, 7) is 7.98. The van der Waals surface area contributed by atoms with Gasteiger partial charge in [-0.3, -0.25) is 14.5 Å². The van der Waals surface area contributed by atoms with Crippen molar-refractivity contribution in [3.05, 3.63) is 88.4 Å². The van der Waals surface area contributed by atoms with E-state index in [1.807, 2.05) is 43.3 Å². The average molecular weight is 543 g/mol. The number of methoxy groups -OCH3 is 1. The summed E-state index contributed by atoms with van der Waals surface area (Å²) in [5.41, 5.74) is 7.15. The van der Waals surface area contributed by atoms with E-state index in [4.69, 9.17) is 21.3 Å². The Balaban J connectivity index is 1.50. The first-order valence-electron chi connectivity index (χ1n) is 12.8. The zero-order valence-corrected chi connectivity index (χ0v) is 23.5. The van der Waals surface area contributed by atoms with Crippen molar-refractivity contribution in [2.24, 2.45) is 0 Å². The van der Waals surface area contributed by atoms with Crippen LogP contribution in [0.2, 0.25) is 5.02 Å². The van der Waals surface area contributed by atoms with Crippen LogP contribution in [0.5, 0.6) is 5.88 Å². The second-order valence-electron chi connectivity index (χ2n) is 10.1. The van der Waals surface area contributed by atoms with Crippen molar-refractivity contribution in [2.45, 2.75) is 32.6 Å². The minimum Gasteiger partial charge on any atom is -0.481 e. The largest absolute Gasteiger partial charge is 0.481 e. The van der Waals surface area contributed by atoms with Crippen LogP contribution in [0.1, 0.15) is 36.0 Å². The van der Waals surface area contributed by atoms with Gasteiger partial charge in [-0.1, -0.05) is 55.4 Å². The number of carbonyl (C=O) groups excluding carboxylic acids is 2. The van der Waals surface area contributed by atoms with Gasteiger partial charge in [0, 0.05) is 42.7 Å². The van der Waals surface area contributed by atoms with Gasteiger partial charge in [-0.15, -0.1) is 0 Å². The molecule has 200 valence electrons. The van der Waals surface area contributed by atoms with Crippen LogP contribution in [0.15, 0.2) is 66.6 Å². The molecule has 8 heteroatoms. The van der Waals surface area contributed by atoms with Gasteiger partial charge in [0.1, 0.15) is 11.4 Å². The SMILES string of the molecule is C=C1N(C)C=C(C(=O)Nc2cccc(-c3cccc(-c4cc5c(c(OC)n4)[C@H](C)CC5)c3Cl)c2C)C(=O)N1C. The molecular weight excluding hydrogens is 512 g/mol. The zero-order valence-electron chi connectivity index (χ0n) is 22.8. The molecule has 0 fully saturated rings. The lowest BCUT2D eigenvalue weighted by molar-refractivity contribution is -0.128. The molecule has 1 aliphatic heterocycles. The number of fused-ring (bicyclic) bond motifs is 1. The van der Waals surface area contributed by atoms with Crippen LogP contribution < -0.4 is 10.1 Å². The Morgan fingerprint density at radius 2 is 1.85 bits per heavy atom. The highest BCUT2D eigenvalue weighted by molar-refractivity contribution is 6.36. The van der Waals surface area contributed by atoms with Crippen LogP contribution in [0, 0.1) is 6.92 Å². The van der Waals surface area contributed by atoms with Gasteiger partial charge in [0.15, 0.2) is 0 Å². The Labute approximate surface area is 233 Å². The summed E-state index contributed by atoms with van der Waals surface area (Å²) >= 11 is 7.03. The fourth-order valence-corrected chi connectivity index (χ4v) is 5.65. The number of nitrogens with one attached hydrogen (secondary N) is 1. The van der Waals surface area contributed by atoms with Crippen molar-refractivity contribution in [1.29, 1.82) is 0 Å². The molecule has 3 aromatic rings. The Kier molecular flexibility index (Phi) is 6.95. The Morgan fingerprint density at radius 1 is 1.15 bits per heavy atom. The van der Waals surface area contributed by atoms with E-state index < -0.39 is 11.8 Å². The number of halogens is 1. The molecule has 0 radical (unpaired) electrons. The smallest absolute Gasteiger partial charge is 0.266 e. The average Bonchev–Trinajstić information content (AvgIpc) is 3.31. The van der Waals surface area contributed by atoms with Crippen molar-refractivity contribution >= 4 is 29.1 Å². The highest BCUT2D eigenvalue weighted by Crippen LogP contribution is 2.43. The fraction of sp³-hybridized carbons (Fsp3) is 0.258. The second-order valence-corrected chi connectivity index (χ2v) is 10.4. The monoisotopic (exact) mass is 542 g/mol. The number of carbonyl (C=O) groups is 2. The normalized spacial score (nSPS) is 16.8. The molecule has 1 N–H and O–H groups in total. The van der Waals surface area contributed by atoms with Crippen molar-refractivity contribution in [3.63, 3.8) is 0 Å². The van der Waals surface area contributed by atoms with Crippen molar-refractivity contribution in [3.8, 4) is 28.3 Å². The number of nitrogens with zero attached hydrogens (tertiary/aromatic N) is 3. The molecule has 39 heavy (non-hydrogen) atoms. The third-order valence-corrected chi connectivity index (χ3v) is 8.09. The quantitative estimate of drug-likeness (QED) is 0.392.